The van der Waals surface area contributed by atoms with Crippen LogP contribution in [0.25, 0.3) is 0 Å². The van der Waals surface area contributed by atoms with Crippen molar-refractivity contribution in [3.8, 4) is 0 Å². The Labute approximate surface area is 149 Å². The van der Waals surface area contributed by atoms with Gasteiger partial charge < -0.3 is 14.9 Å². The van der Waals surface area contributed by atoms with Gasteiger partial charge >= 0.3 is 11.9 Å². The molecule has 0 spiro atoms. The van der Waals surface area contributed by atoms with Crippen LogP contribution >= 0.6 is 0 Å². The van der Waals surface area contributed by atoms with Gasteiger partial charge in [-0.05, 0) is 58.4 Å². The van der Waals surface area contributed by atoms with Crippen LogP contribution in [0.2, 0.25) is 0 Å². The molecule has 1 aliphatic heterocycles. The number of esters is 1. The maximum atomic E-state index is 11.3. The summed E-state index contributed by atoms with van der Waals surface area (Å²) in [4.78, 5) is 22.6. The average molecular weight is 348 g/mol. The SMILES string of the molecule is CC(=CCCC(=CCCC(C)=CCCC1=CCOC1=O)C(=O)O)CO. The number of carboxylic acids is 1. The molecule has 138 valence electrons. The number of ether oxygens (including phenoxy) is 1. The number of aliphatic hydroxyl groups excluding tert-OH is 1. The van der Waals surface area contributed by atoms with Gasteiger partial charge in [0.25, 0.3) is 0 Å². The van der Waals surface area contributed by atoms with Crippen molar-refractivity contribution in [2.45, 2.75) is 52.4 Å². The fraction of sp³-hybridized carbons (Fsp3) is 0.500. The maximum absolute atomic E-state index is 11.3. The molecule has 0 aromatic heterocycles. The molecule has 0 aromatic carbocycles. The highest BCUT2D eigenvalue weighted by atomic mass is 16.5. The van der Waals surface area contributed by atoms with E-state index >= 15 is 0 Å². The summed E-state index contributed by atoms with van der Waals surface area (Å²) in [6.07, 6.45) is 11.6. The molecule has 0 fully saturated rings. The highest BCUT2D eigenvalue weighted by molar-refractivity contribution is 5.90. The minimum atomic E-state index is -0.886. The lowest BCUT2D eigenvalue weighted by Crippen LogP contribution is -2.00. The highest BCUT2D eigenvalue weighted by Crippen LogP contribution is 2.16. The summed E-state index contributed by atoms with van der Waals surface area (Å²) < 4.78 is 4.86. The predicted molar refractivity (Wildman–Crippen MR) is 97.1 cm³/mol. The number of allylic oxidation sites excluding steroid dienone is 4. The summed E-state index contributed by atoms with van der Waals surface area (Å²) >= 11 is 0. The second-order valence-electron chi connectivity index (χ2n) is 6.24. The molecule has 0 unspecified atom stereocenters. The first-order chi connectivity index (χ1) is 11.9. The topological polar surface area (TPSA) is 83.8 Å². The molecule has 25 heavy (non-hydrogen) atoms. The van der Waals surface area contributed by atoms with E-state index in [1.165, 1.54) is 5.57 Å². The van der Waals surface area contributed by atoms with E-state index in [4.69, 9.17) is 9.84 Å². The first-order valence-electron chi connectivity index (χ1n) is 8.64. The van der Waals surface area contributed by atoms with Gasteiger partial charge in [0.2, 0.25) is 0 Å². The van der Waals surface area contributed by atoms with Crippen LogP contribution in [0, 0.1) is 0 Å². The smallest absolute Gasteiger partial charge is 0.334 e. The van der Waals surface area contributed by atoms with Crippen molar-refractivity contribution in [2.24, 2.45) is 0 Å². The van der Waals surface area contributed by atoms with Gasteiger partial charge in [0.1, 0.15) is 6.61 Å². The minimum Gasteiger partial charge on any atom is -0.478 e. The zero-order chi connectivity index (χ0) is 18.7. The van der Waals surface area contributed by atoms with E-state index in [1.807, 2.05) is 26.0 Å². The Morgan fingerprint density at radius 3 is 2.40 bits per heavy atom. The van der Waals surface area contributed by atoms with E-state index in [-0.39, 0.29) is 12.6 Å². The standard InChI is InChI=1S/C20H28O5/c1-15(7-4-11-18-12-13-25-20(18)24)6-3-9-17(19(22)23)10-5-8-16(2)14-21/h7-9,12,21H,3-6,10-11,13-14H2,1-2H3,(H,22,23). The Morgan fingerprint density at radius 2 is 1.80 bits per heavy atom. The summed E-state index contributed by atoms with van der Waals surface area (Å²) in [5, 5.41) is 18.2. The highest BCUT2D eigenvalue weighted by Gasteiger charge is 2.15. The third-order valence-corrected chi connectivity index (χ3v) is 4.07. The van der Waals surface area contributed by atoms with Gasteiger partial charge in [-0.1, -0.05) is 29.4 Å². The normalized spacial score (nSPS) is 16.0. The van der Waals surface area contributed by atoms with E-state index in [9.17, 15) is 14.7 Å². The molecular weight excluding hydrogens is 320 g/mol. The number of carboxylic acid groups (broad SMARTS) is 1. The van der Waals surface area contributed by atoms with Crippen molar-refractivity contribution in [1.82, 2.24) is 0 Å². The molecule has 5 heteroatoms. The quantitative estimate of drug-likeness (QED) is 0.338. The molecule has 0 aliphatic carbocycles. The Kier molecular flexibility index (Phi) is 9.55. The van der Waals surface area contributed by atoms with Gasteiger partial charge in [0.05, 0.1) is 6.61 Å². The fourth-order valence-electron chi connectivity index (χ4n) is 2.48. The number of hydrogen-bond acceptors (Lipinski definition) is 4. The lowest BCUT2D eigenvalue weighted by atomic mass is 10.0. The number of aliphatic hydroxyl groups is 1. The number of carbonyl (C=O) groups excluding carboxylic acids is 1. The van der Waals surface area contributed by atoms with E-state index in [0.717, 1.165) is 24.0 Å². The molecule has 0 aromatic rings. The maximum Gasteiger partial charge on any atom is 0.334 e. The van der Waals surface area contributed by atoms with Gasteiger partial charge in [0.15, 0.2) is 0 Å². The average Bonchev–Trinajstić information content (AvgIpc) is 2.98. The summed E-state index contributed by atoms with van der Waals surface area (Å²) in [5.41, 5.74) is 3.19. The van der Waals surface area contributed by atoms with Crippen molar-refractivity contribution < 1.29 is 24.5 Å². The molecule has 5 nitrogen and oxygen atoms in total. The molecule has 0 radical (unpaired) electrons. The molecule has 0 saturated heterocycles. The van der Waals surface area contributed by atoms with Gasteiger partial charge in [-0.15, -0.1) is 0 Å². The molecule has 2 N–H and O–H groups in total. The molecular formula is C20H28O5. The minimum absolute atomic E-state index is 0.00470. The van der Waals surface area contributed by atoms with Crippen molar-refractivity contribution in [1.29, 1.82) is 0 Å². The zero-order valence-electron chi connectivity index (χ0n) is 15.1. The predicted octanol–water partition coefficient (Wildman–Crippen LogP) is 3.71. The number of carbonyl (C=O) groups is 2. The first-order valence-corrected chi connectivity index (χ1v) is 8.64. The number of hydrogen-bond donors (Lipinski definition) is 2. The van der Waals surface area contributed by atoms with E-state index < -0.39 is 5.97 Å². The second kappa shape index (κ2) is 11.4. The van der Waals surface area contributed by atoms with Crippen LogP contribution in [0.3, 0.4) is 0 Å². The molecule has 0 saturated carbocycles. The second-order valence-corrected chi connectivity index (χ2v) is 6.24. The number of aliphatic carboxylic acids is 1. The summed E-state index contributed by atoms with van der Waals surface area (Å²) in [5.74, 6) is -1.10. The Morgan fingerprint density at radius 1 is 1.12 bits per heavy atom. The van der Waals surface area contributed by atoms with Crippen molar-refractivity contribution >= 4 is 11.9 Å². The summed E-state index contributed by atoms with van der Waals surface area (Å²) in [6.45, 7) is 4.22. The number of rotatable bonds is 11. The van der Waals surface area contributed by atoms with Crippen LogP contribution in [0.4, 0.5) is 0 Å². The molecule has 0 amide bonds. The largest absolute Gasteiger partial charge is 0.478 e. The fourth-order valence-corrected chi connectivity index (χ4v) is 2.48. The van der Waals surface area contributed by atoms with Gasteiger partial charge in [-0.25, -0.2) is 9.59 Å². The van der Waals surface area contributed by atoms with Crippen LogP contribution < -0.4 is 0 Å². The van der Waals surface area contributed by atoms with E-state index in [1.54, 1.807) is 6.08 Å². The molecule has 1 heterocycles. The van der Waals surface area contributed by atoms with Gasteiger partial charge in [-0.2, -0.15) is 0 Å². The molecule has 0 atom stereocenters. The molecule has 1 aliphatic rings. The van der Waals surface area contributed by atoms with Crippen LogP contribution in [0.15, 0.2) is 46.6 Å². The summed E-state index contributed by atoms with van der Waals surface area (Å²) in [7, 11) is 0. The van der Waals surface area contributed by atoms with Crippen LogP contribution in [-0.2, 0) is 14.3 Å². The van der Waals surface area contributed by atoms with E-state index in [2.05, 4.69) is 6.08 Å². The number of cyclic esters (lactones) is 1. The lowest BCUT2D eigenvalue weighted by molar-refractivity contribution is -0.136. The third-order valence-electron chi connectivity index (χ3n) is 4.07. The van der Waals surface area contributed by atoms with Crippen LogP contribution in [-0.4, -0.2) is 35.4 Å². The monoisotopic (exact) mass is 348 g/mol. The lowest BCUT2D eigenvalue weighted by Gasteiger charge is -2.03. The Bertz CT molecular complexity index is 593. The van der Waals surface area contributed by atoms with Crippen molar-refractivity contribution in [3.05, 3.63) is 46.6 Å². The van der Waals surface area contributed by atoms with Crippen molar-refractivity contribution in [2.75, 3.05) is 13.2 Å². The molecule has 0 bridgehead atoms. The van der Waals surface area contributed by atoms with Crippen LogP contribution in [0.5, 0.6) is 0 Å². The first kappa shape index (κ1) is 20.9. The van der Waals surface area contributed by atoms with Gasteiger partial charge in [-0.3, -0.25) is 0 Å². The zero-order valence-corrected chi connectivity index (χ0v) is 15.1. The van der Waals surface area contributed by atoms with E-state index in [0.29, 0.717) is 37.9 Å². The summed E-state index contributed by atoms with van der Waals surface area (Å²) in [6, 6.07) is 0. The van der Waals surface area contributed by atoms with Crippen LogP contribution in [0.1, 0.15) is 52.4 Å². The van der Waals surface area contributed by atoms with Gasteiger partial charge in [0, 0.05) is 11.1 Å². The molecule has 1 rings (SSSR count). The Balaban J connectivity index is 2.39. The third kappa shape index (κ3) is 8.49. The van der Waals surface area contributed by atoms with Crippen molar-refractivity contribution in [3.63, 3.8) is 0 Å². The Hall–Kier alpha value is -2.14.